The van der Waals surface area contributed by atoms with Crippen LogP contribution in [0, 0.1) is 11.3 Å². The van der Waals surface area contributed by atoms with Crippen LogP contribution < -0.4 is 5.32 Å². The van der Waals surface area contributed by atoms with Crippen LogP contribution in [0.15, 0.2) is 18.3 Å². The van der Waals surface area contributed by atoms with Gasteiger partial charge in [0, 0.05) is 18.3 Å². The average Bonchev–Trinajstić information content (AvgIpc) is 2.25. The first-order valence-corrected chi connectivity index (χ1v) is 5.21. The second kappa shape index (κ2) is 5.06. The maximum Gasteiger partial charge on any atom is 0.108 e. The average molecular weight is 219 g/mol. The zero-order valence-corrected chi connectivity index (χ0v) is 9.86. The molecule has 1 aromatic rings. The van der Waals surface area contributed by atoms with E-state index in [-0.39, 0.29) is 5.54 Å². The number of pyridine rings is 1. The Hall–Kier alpha value is -1.44. The Morgan fingerprint density at radius 3 is 2.62 bits per heavy atom. The third-order valence-corrected chi connectivity index (χ3v) is 2.08. The van der Waals surface area contributed by atoms with Crippen molar-refractivity contribution in [1.29, 1.82) is 5.26 Å². The van der Waals surface area contributed by atoms with Gasteiger partial charge in [0.15, 0.2) is 0 Å². The van der Waals surface area contributed by atoms with Gasteiger partial charge in [-0.05, 0) is 32.9 Å². The fourth-order valence-corrected chi connectivity index (χ4v) is 1.18. The number of nitrogens with one attached hydrogen (secondary N) is 1. The molecular weight excluding hydrogens is 202 g/mol. The summed E-state index contributed by atoms with van der Waals surface area (Å²) in [6.07, 6.45) is 0.822. The predicted molar refractivity (Wildman–Crippen MR) is 61.7 cm³/mol. The Morgan fingerprint density at radius 1 is 1.50 bits per heavy atom. The van der Waals surface area contributed by atoms with Gasteiger partial charge in [-0.1, -0.05) is 0 Å². The largest absolute Gasteiger partial charge is 0.385 e. The quantitative estimate of drug-likeness (QED) is 0.805. The highest BCUT2D eigenvalue weighted by molar-refractivity contribution is 5.26. The van der Waals surface area contributed by atoms with E-state index < -0.39 is 6.10 Å². The van der Waals surface area contributed by atoms with Gasteiger partial charge in [-0.3, -0.25) is 4.98 Å². The van der Waals surface area contributed by atoms with Crippen LogP contribution in [0.5, 0.6) is 0 Å². The summed E-state index contributed by atoms with van der Waals surface area (Å²) in [5, 5.41) is 21.6. The summed E-state index contributed by atoms with van der Waals surface area (Å²) in [7, 11) is 0. The van der Waals surface area contributed by atoms with Crippen molar-refractivity contribution in [2.75, 3.05) is 6.54 Å². The maximum atomic E-state index is 9.84. The van der Waals surface area contributed by atoms with E-state index >= 15 is 0 Å². The lowest BCUT2D eigenvalue weighted by molar-refractivity contribution is 0.159. The highest BCUT2D eigenvalue weighted by atomic mass is 16.3. The van der Waals surface area contributed by atoms with Crippen molar-refractivity contribution in [3.63, 3.8) is 0 Å². The minimum atomic E-state index is -0.646. The van der Waals surface area contributed by atoms with Crippen molar-refractivity contribution in [3.8, 4) is 6.07 Å². The zero-order chi connectivity index (χ0) is 12.2. The first kappa shape index (κ1) is 12.6. The van der Waals surface area contributed by atoms with Crippen molar-refractivity contribution >= 4 is 0 Å². The highest BCUT2D eigenvalue weighted by Crippen LogP contribution is 2.10. The molecule has 0 saturated carbocycles. The van der Waals surface area contributed by atoms with Gasteiger partial charge in [0.25, 0.3) is 0 Å². The molecule has 0 amide bonds. The molecule has 86 valence electrons. The molecule has 1 rings (SSSR count). The normalized spacial score (nSPS) is 13.2. The fourth-order valence-electron chi connectivity index (χ4n) is 1.18. The van der Waals surface area contributed by atoms with Gasteiger partial charge >= 0.3 is 0 Å². The molecule has 0 spiro atoms. The molecule has 0 aromatic carbocycles. The Labute approximate surface area is 95.9 Å². The molecule has 4 nitrogen and oxygen atoms in total. The summed E-state index contributed by atoms with van der Waals surface area (Å²) in [4.78, 5) is 4.04. The molecule has 0 aliphatic carbocycles. The van der Waals surface area contributed by atoms with Crippen LogP contribution in [0.1, 0.15) is 38.1 Å². The lowest BCUT2D eigenvalue weighted by Gasteiger charge is -2.22. The predicted octanol–water partition coefficient (Wildman–Crippen LogP) is 1.37. The number of hydrogen-bond donors (Lipinski definition) is 2. The number of hydrogen-bond acceptors (Lipinski definition) is 4. The van der Waals surface area contributed by atoms with Crippen molar-refractivity contribution in [2.45, 2.75) is 32.4 Å². The summed E-state index contributed by atoms with van der Waals surface area (Å²) in [6, 6.07) is 5.32. The molecule has 0 unspecified atom stereocenters. The Bertz CT molecular complexity index is 373. The van der Waals surface area contributed by atoms with Crippen LogP contribution in [0.3, 0.4) is 0 Å². The van der Waals surface area contributed by atoms with Crippen LogP contribution in [0.2, 0.25) is 0 Å². The standard InChI is InChI=1S/C12H17N3O/c1-12(2,3)15-8-11(16)10-5-4-9(6-13)7-14-10/h4-5,7,11,15-16H,8H2,1-3H3/t11-/m1/s1. The first-order valence-electron chi connectivity index (χ1n) is 5.21. The molecule has 0 aliphatic rings. The third kappa shape index (κ3) is 3.97. The Kier molecular flexibility index (Phi) is 3.99. The minimum absolute atomic E-state index is 0.0342. The number of rotatable bonds is 3. The van der Waals surface area contributed by atoms with E-state index in [0.717, 1.165) is 0 Å². The molecule has 2 N–H and O–H groups in total. The second-order valence-electron chi connectivity index (χ2n) is 4.73. The molecule has 1 heterocycles. The van der Waals surface area contributed by atoms with Gasteiger partial charge < -0.3 is 10.4 Å². The molecule has 0 saturated heterocycles. The molecule has 0 fully saturated rings. The molecule has 0 aliphatic heterocycles. The molecule has 1 atom stereocenters. The monoisotopic (exact) mass is 219 g/mol. The number of aliphatic hydroxyl groups excluding tert-OH is 1. The lowest BCUT2D eigenvalue weighted by Crippen LogP contribution is -2.38. The van der Waals surface area contributed by atoms with E-state index in [1.165, 1.54) is 6.20 Å². The minimum Gasteiger partial charge on any atom is -0.385 e. The van der Waals surface area contributed by atoms with Crippen molar-refractivity contribution in [1.82, 2.24) is 10.3 Å². The van der Waals surface area contributed by atoms with E-state index in [0.29, 0.717) is 17.8 Å². The fraction of sp³-hybridized carbons (Fsp3) is 0.500. The third-order valence-electron chi connectivity index (χ3n) is 2.08. The topological polar surface area (TPSA) is 68.9 Å². The van der Waals surface area contributed by atoms with Crippen molar-refractivity contribution in [3.05, 3.63) is 29.6 Å². The SMILES string of the molecule is CC(C)(C)NC[C@@H](O)c1ccc(C#N)cn1. The van der Waals surface area contributed by atoms with E-state index in [1.807, 2.05) is 26.8 Å². The summed E-state index contributed by atoms with van der Waals surface area (Å²) >= 11 is 0. The van der Waals surface area contributed by atoms with Gasteiger partial charge in [-0.15, -0.1) is 0 Å². The second-order valence-corrected chi connectivity index (χ2v) is 4.73. The van der Waals surface area contributed by atoms with Crippen LogP contribution in [0.25, 0.3) is 0 Å². The van der Waals surface area contributed by atoms with Crippen molar-refractivity contribution in [2.24, 2.45) is 0 Å². The van der Waals surface area contributed by atoms with E-state index in [1.54, 1.807) is 12.1 Å². The summed E-state index contributed by atoms with van der Waals surface area (Å²) in [6.45, 7) is 6.55. The Balaban J connectivity index is 2.60. The smallest absolute Gasteiger partial charge is 0.108 e. The van der Waals surface area contributed by atoms with Gasteiger partial charge in [0.1, 0.15) is 12.2 Å². The number of nitrogens with zero attached hydrogens (tertiary/aromatic N) is 2. The molecular formula is C12H17N3O. The van der Waals surface area contributed by atoms with Gasteiger partial charge in [0.2, 0.25) is 0 Å². The van der Waals surface area contributed by atoms with Gasteiger partial charge in [-0.2, -0.15) is 5.26 Å². The Morgan fingerprint density at radius 2 is 2.19 bits per heavy atom. The molecule has 16 heavy (non-hydrogen) atoms. The van der Waals surface area contributed by atoms with Crippen LogP contribution in [-0.2, 0) is 0 Å². The number of nitriles is 1. The molecule has 0 bridgehead atoms. The van der Waals surface area contributed by atoms with Crippen LogP contribution in [-0.4, -0.2) is 22.2 Å². The van der Waals surface area contributed by atoms with Crippen molar-refractivity contribution < 1.29 is 5.11 Å². The number of β-amino-alcohol motifs (C(OH)–C–C–N with tert-alkyl or cyclic N) is 1. The molecule has 0 radical (unpaired) electrons. The van der Waals surface area contributed by atoms with Gasteiger partial charge in [0.05, 0.1) is 11.3 Å². The number of aromatic nitrogens is 1. The van der Waals surface area contributed by atoms with E-state index in [9.17, 15) is 5.11 Å². The maximum absolute atomic E-state index is 9.84. The van der Waals surface area contributed by atoms with E-state index in [4.69, 9.17) is 5.26 Å². The first-order chi connectivity index (χ1) is 7.42. The highest BCUT2D eigenvalue weighted by Gasteiger charge is 2.14. The molecule has 1 aromatic heterocycles. The van der Waals surface area contributed by atoms with E-state index in [2.05, 4.69) is 10.3 Å². The molecule has 4 heteroatoms. The lowest BCUT2D eigenvalue weighted by atomic mass is 10.1. The summed E-state index contributed by atoms with van der Waals surface area (Å²) in [5.41, 5.74) is 1.04. The summed E-state index contributed by atoms with van der Waals surface area (Å²) < 4.78 is 0. The van der Waals surface area contributed by atoms with Crippen LogP contribution in [0.4, 0.5) is 0 Å². The van der Waals surface area contributed by atoms with Crippen LogP contribution >= 0.6 is 0 Å². The van der Waals surface area contributed by atoms with Gasteiger partial charge in [-0.25, -0.2) is 0 Å². The number of aliphatic hydroxyl groups is 1. The zero-order valence-electron chi connectivity index (χ0n) is 9.86. The summed E-state index contributed by atoms with van der Waals surface area (Å²) in [5.74, 6) is 0.